The summed E-state index contributed by atoms with van der Waals surface area (Å²) in [5.41, 5.74) is -2.26. The molecule has 0 aromatic carbocycles. The van der Waals surface area contributed by atoms with E-state index < -0.39 is 55.0 Å². The second-order valence-corrected chi connectivity index (χ2v) is 5.70. The largest absolute Gasteiger partial charge is 0.496 e. The normalized spacial score (nSPS) is 41.9. The van der Waals surface area contributed by atoms with Crippen molar-refractivity contribution in [1.29, 1.82) is 5.26 Å². The summed E-state index contributed by atoms with van der Waals surface area (Å²) in [5, 5.41) is 58.8. The minimum Gasteiger partial charge on any atom is -0.496 e. The molecule has 0 radical (unpaired) electrons. The molecule has 1 amide bonds. The molecule has 0 bridgehead atoms. The molecule has 0 spiro atoms. The zero-order valence-electron chi connectivity index (χ0n) is 13.5. The van der Waals surface area contributed by atoms with E-state index in [4.69, 9.17) is 14.2 Å². The van der Waals surface area contributed by atoms with Gasteiger partial charge in [0.2, 0.25) is 0 Å². The van der Waals surface area contributed by atoms with Crippen molar-refractivity contribution in [2.24, 2.45) is 0 Å². The van der Waals surface area contributed by atoms with Crippen LogP contribution in [0.3, 0.4) is 0 Å². The van der Waals surface area contributed by atoms with Crippen molar-refractivity contribution < 1.29 is 44.5 Å². The smallest absolute Gasteiger partial charge is 0.258 e. The van der Waals surface area contributed by atoms with Gasteiger partial charge in [-0.2, -0.15) is 5.26 Å². The summed E-state index contributed by atoms with van der Waals surface area (Å²) in [4.78, 5) is 12.6. The van der Waals surface area contributed by atoms with E-state index in [1.165, 1.54) is 7.05 Å². The molecule has 140 valence electrons. The van der Waals surface area contributed by atoms with E-state index in [1.54, 1.807) is 6.07 Å². The van der Waals surface area contributed by atoms with Gasteiger partial charge in [-0.1, -0.05) is 0 Å². The van der Waals surface area contributed by atoms with Gasteiger partial charge in [0, 0.05) is 13.1 Å². The lowest BCUT2D eigenvalue weighted by Crippen LogP contribution is -2.65. The Morgan fingerprint density at radius 3 is 2.48 bits per heavy atom. The van der Waals surface area contributed by atoms with Gasteiger partial charge in [-0.25, -0.2) is 0 Å². The summed E-state index contributed by atoms with van der Waals surface area (Å²) >= 11 is 0. The van der Waals surface area contributed by atoms with E-state index in [9.17, 15) is 35.6 Å². The van der Waals surface area contributed by atoms with Crippen LogP contribution in [0.4, 0.5) is 0 Å². The zero-order chi connectivity index (χ0) is 18.9. The first-order valence-electron chi connectivity index (χ1n) is 7.34. The maximum atomic E-state index is 11.8. The van der Waals surface area contributed by atoms with Crippen molar-refractivity contribution in [3.05, 3.63) is 11.8 Å². The average molecular weight is 360 g/mol. The van der Waals surface area contributed by atoms with Gasteiger partial charge < -0.3 is 44.6 Å². The number of aliphatic hydroxyl groups is 5. The second-order valence-electron chi connectivity index (χ2n) is 5.70. The van der Waals surface area contributed by atoms with Gasteiger partial charge in [0.25, 0.3) is 11.5 Å². The number of rotatable bonds is 4. The fraction of sp³-hybridized carbons (Fsp3) is 0.714. The maximum absolute atomic E-state index is 11.8. The molecule has 2 aliphatic rings. The van der Waals surface area contributed by atoms with E-state index in [-0.39, 0.29) is 5.76 Å². The van der Waals surface area contributed by atoms with Gasteiger partial charge in [-0.15, -0.1) is 0 Å². The van der Waals surface area contributed by atoms with Crippen LogP contribution in [-0.2, 0) is 19.0 Å². The number of hydrogen-bond acceptors (Lipinski definition) is 10. The van der Waals surface area contributed by atoms with Gasteiger partial charge in [-0.05, 0) is 0 Å². The zero-order valence-corrected chi connectivity index (χ0v) is 13.5. The molecular weight excluding hydrogens is 340 g/mol. The van der Waals surface area contributed by atoms with Crippen molar-refractivity contribution in [2.75, 3.05) is 20.8 Å². The fourth-order valence-corrected chi connectivity index (χ4v) is 2.66. The number of ether oxygens (including phenoxy) is 3. The molecule has 1 saturated heterocycles. The number of carbonyl (C=O) groups excluding carboxylic acids is 1. The summed E-state index contributed by atoms with van der Waals surface area (Å²) in [6.07, 6.45) is -9.00. The van der Waals surface area contributed by atoms with Crippen molar-refractivity contribution in [3.8, 4) is 6.07 Å². The summed E-state index contributed by atoms with van der Waals surface area (Å²) in [6, 6.07) is 1.69. The first-order chi connectivity index (χ1) is 11.7. The Morgan fingerprint density at radius 2 is 1.96 bits per heavy atom. The summed E-state index contributed by atoms with van der Waals surface area (Å²) < 4.78 is 15.6. The molecule has 0 saturated carbocycles. The highest BCUT2D eigenvalue weighted by atomic mass is 16.7. The van der Waals surface area contributed by atoms with Gasteiger partial charge in [-0.3, -0.25) is 4.79 Å². The molecule has 2 rings (SSSR count). The van der Waals surface area contributed by atoms with Gasteiger partial charge >= 0.3 is 0 Å². The van der Waals surface area contributed by atoms with Crippen LogP contribution in [0.1, 0.15) is 0 Å². The SMILES string of the molecule is COC1=CC(=O)N(C)[C@@H](O)[C@@]1(C#N)O[C@@H]1O[C@@H](CO)[C@@H](O)[C@H](O)[C@H]1O. The number of aliphatic hydroxyl groups excluding tert-OH is 5. The Bertz CT molecular complexity index is 589. The van der Waals surface area contributed by atoms with Crippen molar-refractivity contribution in [2.45, 2.75) is 42.5 Å². The molecule has 1 fully saturated rings. The van der Waals surface area contributed by atoms with Crippen LogP contribution in [0, 0.1) is 11.3 Å². The van der Waals surface area contributed by atoms with Crippen LogP contribution < -0.4 is 0 Å². The number of methoxy groups -OCH3 is 1. The van der Waals surface area contributed by atoms with E-state index in [0.29, 0.717) is 0 Å². The molecule has 5 N–H and O–H groups in total. The number of carbonyl (C=O) groups is 1. The molecule has 2 aliphatic heterocycles. The second kappa shape index (κ2) is 7.22. The third kappa shape index (κ3) is 3.09. The van der Waals surface area contributed by atoms with E-state index >= 15 is 0 Å². The first kappa shape index (κ1) is 19.5. The predicted octanol–water partition coefficient (Wildman–Crippen LogP) is -3.61. The highest BCUT2D eigenvalue weighted by Crippen LogP contribution is 2.35. The highest BCUT2D eigenvalue weighted by molar-refractivity contribution is 5.90. The molecule has 0 aliphatic carbocycles. The Kier molecular flexibility index (Phi) is 5.65. The monoisotopic (exact) mass is 360 g/mol. The predicted molar refractivity (Wildman–Crippen MR) is 77.1 cm³/mol. The lowest BCUT2D eigenvalue weighted by Gasteiger charge is -2.45. The molecule has 11 nitrogen and oxygen atoms in total. The minimum absolute atomic E-state index is 0.331. The number of nitriles is 1. The van der Waals surface area contributed by atoms with Crippen molar-refractivity contribution >= 4 is 5.91 Å². The Hall–Kier alpha value is -1.78. The first-order valence-corrected chi connectivity index (χ1v) is 7.34. The highest BCUT2D eigenvalue weighted by Gasteiger charge is 2.56. The molecule has 0 aromatic rings. The van der Waals surface area contributed by atoms with Crippen LogP contribution >= 0.6 is 0 Å². The number of hydrogen-bond donors (Lipinski definition) is 5. The lowest BCUT2D eigenvalue weighted by molar-refractivity contribution is -0.331. The van der Waals surface area contributed by atoms with Crippen LogP contribution in [0.2, 0.25) is 0 Å². The number of amides is 1. The Balaban J connectivity index is 2.38. The van der Waals surface area contributed by atoms with Gasteiger partial charge in [0.15, 0.2) is 18.3 Å². The molecular formula is C14H20N2O9. The Morgan fingerprint density at radius 1 is 1.32 bits per heavy atom. The number of nitrogens with zero attached hydrogens (tertiary/aromatic N) is 2. The van der Waals surface area contributed by atoms with Crippen molar-refractivity contribution in [3.63, 3.8) is 0 Å². The average Bonchev–Trinajstić information content (AvgIpc) is 2.62. The van der Waals surface area contributed by atoms with Gasteiger partial charge in [0.1, 0.15) is 30.5 Å². The third-order valence-corrected chi connectivity index (χ3v) is 4.24. The topological polar surface area (TPSA) is 173 Å². The number of likely N-dealkylation sites (N-methyl/N-ethyl adjacent to an activating group) is 1. The van der Waals surface area contributed by atoms with E-state index in [2.05, 4.69) is 0 Å². The van der Waals surface area contributed by atoms with Gasteiger partial charge in [0.05, 0.1) is 13.7 Å². The molecule has 11 heteroatoms. The van der Waals surface area contributed by atoms with Crippen molar-refractivity contribution in [1.82, 2.24) is 4.90 Å². The maximum Gasteiger partial charge on any atom is 0.258 e. The third-order valence-electron chi connectivity index (χ3n) is 4.24. The van der Waals surface area contributed by atoms with Crippen LogP contribution in [0.25, 0.3) is 0 Å². The van der Waals surface area contributed by atoms with Crippen LogP contribution in [-0.4, -0.2) is 99.6 Å². The lowest BCUT2D eigenvalue weighted by atomic mass is 9.94. The molecule has 0 aromatic heterocycles. The molecule has 2 heterocycles. The minimum atomic E-state index is -2.26. The Labute approximate surface area is 142 Å². The molecule has 7 atom stereocenters. The standard InChI is InChI=1S/C14H20N2O9/c1-16-8(18)3-7(23-2)14(5-15,13(16)22)25-12-11(21)10(20)9(19)6(4-17)24-12/h3,6,9-13,17,19-22H,4H2,1-2H3/t6-,9+,10-,11+,12-,13-,14-/m0/s1. The summed E-state index contributed by atoms with van der Waals surface area (Å²) in [7, 11) is 2.37. The van der Waals surface area contributed by atoms with E-state index in [1.807, 2.05) is 0 Å². The quantitative estimate of drug-likeness (QED) is 0.337. The molecule has 25 heavy (non-hydrogen) atoms. The molecule has 0 unspecified atom stereocenters. The fourth-order valence-electron chi connectivity index (χ4n) is 2.66. The van der Waals surface area contributed by atoms with E-state index in [0.717, 1.165) is 18.1 Å². The summed E-state index contributed by atoms with van der Waals surface area (Å²) in [5.74, 6) is -0.977. The van der Waals surface area contributed by atoms with Crippen LogP contribution in [0.15, 0.2) is 11.8 Å². The summed E-state index contributed by atoms with van der Waals surface area (Å²) in [6.45, 7) is -0.696. The van der Waals surface area contributed by atoms with Crippen LogP contribution in [0.5, 0.6) is 0 Å².